The van der Waals surface area contributed by atoms with Crippen molar-refractivity contribution in [2.45, 2.75) is 31.8 Å². The zero-order valence-electron chi connectivity index (χ0n) is 11.6. The van der Waals surface area contributed by atoms with Crippen molar-refractivity contribution in [3.05, 3.63) is 0 Å². The number of carbonyl (C=O) groups excluding carboxylic acids is 1. The minimum atomic E-state index is -0.960. The Bertz CT molecular complexity index is 273. The topological polar surface area (TPSA) is 99.1 Å². The molecule has 7 heteroatoms. The summed E-state index contributed by atoms with van der Waals surface area (Å²) in [5.41, 5.74) is 0. The molecule has 3 N–H and O–H groups in total. The van der Waals surface area contributed by atoms with E-state index < -0.39 is 12.1 Å². The normalized spacial score (nSPS) is 11.9. The number of unbranched alkanes of at least 4 members (excludes halogenated alkanes) is 2. The molecule has 0 saturated carbocycles. The number of ether oxygens (including phenoxy) is 1. The van der Waals surface area contributed by atoms with E-state index >= 15 is 0 Å². The number of rotatable bonds is 10. The second-order valence-electron chi connectivity index (χ2n) is 4.35. The highest BCUT2D eigenvalue weighted by Gasteiger charge is 2.15. The van der Waals surface area contributed by atoms with E-state index in [1.165, 1.54) is 12.0 Å². The lowest BCUT2D eigenvalue weighted by Gasteiger charge is -2.20. The summed E-state index contributed by atoms with van der Waals surface area (Å²) < 4.78 is 4.96. The van der Waals surface area contributed by atoms with Crippen molar-refractivity contribution in [1.82, 2.24) is 10.2 Å². The molecule has 0 aromatic carbocycles. The van der Waals surface area contributed by atoms with E-state index in [9.17, 15) is 9.59 Å². The molecule has 0 radical (unpaired) electrons. The average Bonchev–Trinajstić information content (AvgIpc) is 2.38. The van der Waals surface area contributed by atoms with Crippen molar-refractivity contribution in [3.8, 4) is 0 Å². The highest BCUT2D eigenvalue weighted by Crippen LogP contribution is 1.99. The summed E-state index contributed by atoms with van der Waals surface area (Å²) in [5, 5.41) is 19.9. The lowest BCUT2D eigenvalue weighted by molar-refractivity contribution is -0.139. The van der Waals surface area contributed by atoms with Gasteiger partial charge in [0.15, 0.2) is 0 Å². The van der Waals surface area contributed by atoms with Crippen LogP contribution in [0, 0.1) is 0 Å². The van der Waals surface area contributed by atoms with Crippen molar-refractivity contribution in [1.29, 1.82) is 0 Å². The van der Waals surface area contributed by atoms with E-state index in [0.29, 0.717) is 6.54 Å². The zero-order chi connectivity index (χ0) is 14.7. The molecule has 19 heavy (non-hydrogen) atoms. The number of hydrogen-bond donors (Lipinski definition) is 3. The van der Waals surface area contributed by atoms with Crippen LogP contribution in [0.5, 0.6) is 0 Å². The highest BCUT2D eigenvalue weighted by atomic mass is 16.5. The molecule has 0 aliphatic heterocycles. The summed E-state index contributed by atoms with van der Waals surface area (Å²) >= 11 is 0. The van der Waals surface area contributed by atoms with Gasteiger partial charge in [-0.1, -0.05) is 0 Å². The molecule has 0 aliphatic rings. The van der Waals surface area contributed by atoms with E-state index in [-0.39, 0.29) is 25.6 Å². The van der Waals surface area contributed by atoms with Gasteiger partial charge in [0.1, 0.15) is 0 Å². The van der Waals surface area contributed by atoms with Crippen LogP contribution in [0.25, 0.3) is 0 Å². The van der Waals surface area contributed by atoms with Crippen LogP contribution in [0.2, 0.25) is 0 Å². The van der Waals surface area contributed by atoms with Gasteiger partial charge >= 0.3 is 12.0 Å². The summed E-state index contributed by atoms with van der Waals surface area (Å²) in [6.07, 6.45) is 1.77. The standard InChI is InChI=1S/C12H24N2O5/c1-14(6-4-3-5-7-15)12(18)13-9-10(19-2)8-11(16)17/h10,15H,3-9H2,1-2H3,(H,13,18)(H,16,17). The van der Waals surface area contributed by atoms with Crippen molar-refractivity contribution >= 4 is 12.0 Å². The molecule has 112 valence electrons. The predicted molar refractivity (Wildman–Crippen MR) is 70.0 cm³/mol. The fourth-order valence-corrected chi connectivity index (χ4v) is 1.51. The Morgan fingerprint density at radius 1 is 1.32 bits per heavy atom. The number of urea groups is 1. The van der Waals surface area contributed by atoms with Gasteiger partial charge in [-0.3, -0.25) is 4.79 Å². The Morgan fingerprint density at radius 3 is 2.53 bits per heavy atom. The van der Waals surface area contributed by atoms with Crippen LogP contribution in [-0.4, -0.2) is 67.1 Å². The molecular formula is C12H24N2O5. The second kappa shape index (κ2) is 10.6. The minimum absolute atomic E-state index is 0.142. The number of aliphatic carboxylic acids is 1. The maximum absolute atomic E-state index is 11.7. The van der Waals surface area contributed by atoms with Gasteiger partial charge in [-0.05, 0) is 19.3 Å². The lowest BCUT2D eigenvalue weighted by Crippen LogP contribution is -2.42. The molecule has 1 atom stereocenters. The van der Waals surface area contributed by atoms with Gasteiger partial charge < -0.3 is 25.2 Å². The number of methoxy groups -OCH3 is 1. The third kappa shape index (κ3) is 9.26. The molecular weight excluding hydrogens is 252 g/mol. The maximum Gasteiger partial charge on any atom is 0.317 e. The summed E-state index contributed by atoms with van der Waals surface area (Å²) in [5.74, 6) is -0.960. The molecule has 0 spiro atoms. The van der Waals surface area contributed by atoms with Gasteiger partial charge in [0, 0.05) is 33.9 Å². The zero-order valence-corrected chi connectivity index (χ0v) is 11.6. The SMILES string of the molecule is COC(CNC(=O)N(C)CCCCCO)CC(=O)O. The Kier molecular flexibility index (Phi) is 9.82. The first-order valence-corrected chi connectivity index (χ1v) is 6.35. The molecule has 2 amide bonds. The summed E-state index contributed by atoms with van der Waals surface area (Å²) in [6, 6.07) is -0.253. The number of aliphatic hydroxyl groups excluding tert-OH is 1. The lowest BCUT2D eigenvalue weighted by atomic mass is 10.2. The second-order valence-corrected chi connectivity index (χ2v) is 4.35. The number of hydrogen-bond acceptors (Lipinski definition) is 4. The molecule has 1 unspecified atom stereocenters. The van der Waals surface area contributed by atoms with E-state index in [2.05, 4.69) is 5.32 Å². The van der Waals surface area contributed by atoms with E-state index in [1.54, 1.807) is 7.05 Å². The fourth-order valence-electron chi connectivity index (χ4n) is 1.51. The van der Waals surface area contributed by atoms with Crippen LogP contribution >= 0.6 is 0 Å². The van der Waals surface area contributed by atoms with E-state index in [4.69, 9.17) is 14.9 Å². The number of amides is 2. The number of aliphatic hydroxyl groups is 1. The molecule has 7 nitrogen and oxygen atoms in total. The van der Waals surface area contributed by atoms with Crippen LogP contribution in [0.4, 0.5) is 4.79 Å². The monoisotopic (exact) mass is 276 g/mol. The molecule has 0 rings (SSSR count). The first-order valence-electron chi connectivity index (χ1n) is 6.35. The van der Waals surface area contributed by atoms with Crippen LogP contribution < -0.4 is 5.32 Å². The number of nitrogens with zero attached hydrogens (tertiary/aromatic N) is 1. The number of carboxylic acids is 1. The Hall–Kier alpha value is -1.34. The molecule has 0 heterocycles. The highest BCUT2D eigenvalue weighted by molar-refractivity contribution is 5.74. The number of carbonyl (C=O) groups is 2. The Balaban J connectivity index is 3.84. The van der Waals surface area contributed by atoms with Crippen molar-refractivity contribution in [2.75, 3.05) is 33.9 Å². The molecule has 0 aliphatic carbocycles. The Labute approximate surface area is 113 Å². The molecule has 0 saturated heterocycles. The summed E-state index contributed by atoms with van der Waals surface area (Å²) in [4.78, 5) is 23.7. The van der Waals surface area contributed by atoms with Crippen LogP contribution in [0.1, 0.15) is 25.7 Å². The molecule has 0 aromatic heterocycles. The van der Waals surface area contributed by atoms with Gasteiger partial charge in [0.05, 0.1) is 12.5 Å². The number of carboxylic acid groups (broad SMARTS) is 1. The van der Waals surface area contributed by atoms with Gasteiger partial charge in [-0.25, -0.2) is 4.79 Å². The quantitative estimate of drug-likeness (QED) is 0.498. The maximum atomic E-state index is 11.7. The van der Waals surface area contributed by atoms with Gasteiger partial charge in [-0.15, -0.1) is 0 Å². The largest absolute Gasteiger partial charge is 0.481 e. The van der Waals surface area contributed by atoms with Crippen LogP contribution in [-0.2, 0) is 9.53 Å². The van der Waals surface area contributed by atoms with Gasteiger partial charge in [0.2, 0.25) is 0 Å². The Morgan fingerprint density at radius 2 is 2.00 bits per heavy atom. The van der Waals surface area contributed by atoms with Gasteiger partial charge in [-0.2, -0.15) is 0 Å². The van der Waals surface area contributed by atoms with Crippen molar-refractivity contribution < 1.29 is 24.5 Å². The third-order valence-corrected chi connectivity index (χ3v) is 2.71. The smallest absolute Gasteiger partial charge is 0.317 e. The summed E-state index contributed by atoms with van der Waals surface area (Å²) in [6.45, 7) is 0.936. The van der Waals surface area contributed by atoms with E-state index in [1.807, 2.05) is 0 Å². The minimum Gasteiger partial charge on any atom is -0.481 e. The fraction of sp³-hybridized carbons (Fsp3) is 0.833. The molecule has 0 aromatic rings. The number of nitrogens with one attached hydrogen (secondary N) is 1. The third-order valence-electron chi connectivity index (χ3n) is 2.71. The summed E-state index contributed by atoms with van der Waals surface area (Å²) in [7, 11) is 3.09. The van der Waals surface area contributed by atoms with E-state index in [0.717, 1.165) is 19.3 Å². The molecule has 0 fully saturated rings. The molecule has 0 bridgehead atoms. The predicted octanol–water partition coefficient (Wildman–Crippen LogP) is 0.280. The average molecular weight is 276 g/mol. The first kappa shape index (κ1) is 17.7. The van der Waals surface area contributed by atoms with Crippen molar-refractivity contribution in [2.24, 2.45) is 0 Å². The van der Waals surface area contributed by atoms with Crippen LogP contribution in [0.15, 0.2) is 0 Å². The first-order chi connectivity index (χ1) is 9.01. The van der Waals surface area contributed by atoms with Crippen LogP contribution in [0.3, 0.4) is 0 Å². The van der Waals surface area contributed by atoms with Crippen molar-refractivity contribution in [3.63, 3.8) is 0 Å². The van der Waals surface area contributed by atoms with Gasteiger partial charge in [0.25, 0.3) is 0 Å².